The number of sulfonamides is 1. The fourth-order valence-electron chi connectivity index (χ4n) is 1.96. The third kappa shape index (κ3) is 2.76. The van der Waals surface area contributed by atoms with Crippen molar-refractivity contribution in [1.82, 2.24) is 4.31 Å². The number of carbonyl (C=O) groups is 1. The molecule has 1 saturated heterocycles. The number of halogens is 1. The summed E-state index contributed by atoms with van der Waals surface area (Å²) in [6.07, 6.45) is 1.33. The van der Waals surface area contributed by atoms with Gasteiger partial charge in [-0.15, -0.1) is 11.3 Å². The number of hydrogen-bond acceptors (Lipinski definition) is 4. The molecule has 1 unspecified atom stereocenters. The second kappa shape index (κ2) is 5.28. The molecule has 2 N–H and O–H groups in total. The van der Waals surface area contributed by atoms with Crippen molar-refractivity contribution in [2.75, 3.05) is 13.1 Å². The molecule has 100 valence electrons. The highest BCUT2D eigenvalue weighted by Gasteiger charge is 2.33. The fourth-order valence-corrected chi connectivity index (χ4v) is 5.64. The lowest BCUT2D eigenvalue weighted by molar-refractivity contribution is -0.122. The van der Waals surface area contributed by atoms with E-state index in [4.69, 9.17) is 5.73 Å². The van der Waals surface area contributed by atoms with E-state index in [1.165, 1.54) is 15.6 Å². The Bertz CT molecular complexity index is 555. The molecule has 0 radical (unpaired) electrons. The quantitative estimate of drug-likeness (QED) is 0.892. The first-order valence-corrected chi connectivity index (χ1v) is 8.51. The SMILES string of the molecule is NC(=O)C1CCCN(S(=O)(=O)c2ccc(Br)s2)C1. The first kappa shape index (κ1) is 14.0. The van der Waals surface area contributed by atoms with E-state index >= 15 is 0 Å². The number of nitrogens with zero attached hydrogens (tertiary/aromatic N) is 1. The van der Waals surface area contributed by atoms with E-state index in [-0.39, 0.29) is 12.5 Å². The Morgan fingerprint density at radius 3 is 2.78 bits per heavy atom. The van der Waals surface area contributed by atoms with Crippen LogP contribution < -0.4 is 5.73 Å². The maximum atomic E-state index is 12.3. The van der Waals surface area contributed by atoms with Crippen molar-refractivity contribution in [1.29, 1.82) is 0 Å². The van der Waals surface area contributed by atoms with Crippen LogP contribution in [0.4, 0.5) is 0 Å². The van der Waals surface area contributed by atoms with Crippen molar-refractivity contribution in [2.24, 2.45) is 11.7 Å². The molecule has 1 aliphatic rings. The molecule has 0 aromatic carbocycles. The van der Waals surface area contributed by atoms with Crippen LogP contribution in [0.1, 0.15) is 12.8 Å². The van der Waals surface area contributed by atoms with Gasteiger partial charge < -0.3 is 5.73 Å². The highest BCUT2D eigenvalue weighted by molar-refractivity contribution is 9.11. The second-order valence-electron chi connectivity index (χ2n) is 4.16. The van der Waals surface area contributed by atoms with Gasteiger partial charge in [-0.25, -0.2) is 8.42 Å². The number of nitrogens with two attached hydrogens (primary N) is 1. The molecule has 2 rings (SSSR count). The van der Waals surface area contributed by atoms with Gasteiger partial charge in [-0.3, -0.25) is 4.79 Å². The van der Waals surface area contributed by atoms with Crippen molar-refractivity contribution in [3.8, 4) is 0 Å². The van der Waals surface area contributed by atoms with Crippen molar-refractivity contribution >= 4 is 43.2 Å². The Kier molecular flexibility index (Phi) is 4.10. The highest BCUT2D eigenvalue weighted by Crippen LogP contribution is 2.30. The Morgan fingerprint density at radius 2 is 2.22 bits per heavy atom. The van der Waals surface area contributed by atoms with Crippen LogP contribution in [0.3, 0.4) is 0 Å². The van der Waals surface area contributed by atoms with E-state index in [2.05, 4.69) is 15.9 Å². The van der Waals surface area contributed by atoms with E-state index in [0.29, 0.717) is 23.6 Å². The predicted molar refractivity (Wildman–Crippen MR) is 72.7 cm³/mol. The fraction of sp³-hybridized carbons (Fsp3) is 0.500. The minimum absolute atomic E-state index is 0.188. The number of rotatable bonds is 3. The molecular weight excluding hydrogens is 340 g/mol. The number of piperidine rings is 1. The lowest BCUT2D eigenvalue weighted by Crippen LogP contribution is -2.43. The lowest BCUT2D eigenvalue weighted by atomic mass is 9.99. The topological polar surface area (TPSA) is 80.5 Å². The first-order valence-electron chi connectivity index (χ1n) is 5.46. The van der Waals surface area contributed by atoms with Crippen LogP contribution in [0, 0.1) is 5.92 Å². The molecule has 18 heavy (non-hydrogen) atoms. The lowest BCUT2D eigenvalue weighted by Gasteiger charge is -2.29. The second-order valence-corrected chi connectivity index (χ2v) is 8.79. The molecule has 0 bridgehead atoms. The molecule has 8 heteroatoms. The summed E-state index contributed by atoms with van der Waals surface area (Å²) >= 11 is 4.41. The number of hydrogen-bond donors (Lipinski definition) is 1. The molecule has 0 aliphatic carbocycles. The molecular formula is C10H13BrN2O3S2. The number of thiophene rings is 1. The maximum Gasteiger partial charge on any atom is 0.252 e. The Balaban J connectivity index is 2.22. The number of amides is 1. The van der Waals surface area contributed by atoms with Crippen molar-refractivity contribution in [3.63, 3.8) is 0 Å². The van der Waals surface area contributed by atoms with Gasteiger partial charge in [-0.1, -0.05) is 0 Å². The summed E-state index contributed by atoms with van der Waals surface area (Å²) < 4.78 is 27.1. The Labute approximate surface area is 118 Å². The van der Waals surface area contributed by atoms with Crippen LogP contribution in [0.15, 0.2) is 20.1 Å². The van der Waals surface area contributed by atoms with Gasteiger partial charge in [-0.2, -0.15) is 4.31 Å². The molecule has 1 amide bonds. The molecule has 1 aromatic heterocycles. The minimum Gasteiger partial charge on any atom is -0.369 e. The summed E-state index contributed by atoms with van der Waals surface area (Å²) in [6.45, 7) is 0.634. The first-order chi connectivity index (χ1) is 8.41. The summed E-state index contributed by atoms with van der Waals surface area (Å²) in [7, 11) is -3.49. The summed E-state index contributed by atoms with van der Waals surface area (Å²) in [6, 6.07) is 3.27. The van der Waals surface area contributed by atoms with E-state index in [1.54, 1.807) is 12.1 Å². The van der Waals surface area contributed by atoms with Crippen LogP contribution in [0.25, 0.3) is 0 Å². The van der Waals surface area contributed by atoms with E-state index < -0.39 is 15.9 Å². The third-order valence-electron chi connectivity index (χ3n) is 2.93. The van der Waals surface area contributed by atoms with Crippen LogP contribution in [0.5, 0.6) is 0 Å². The van der Waals surface area contributed by atoms with E-state index in [9.17, 15) is 13.2 Å². The normalized spacial score (nSPS) is 21.9. The van der Waals surface area contributed by atoms with Crippen molar-refractivity contribution in [2.45, 2.75) is 17.1 Å². The molecule has 0 saturated carbocycles. The van der Waals surface area contributed by atoms with Crippen LogP contribution in [-0.2, 0) is 14.8 Å². The van der Waals surface area contributed by atoms with Gasteiger partial charge in [0.1, 0.15) is 4.21 Å². The molecule has 1 aromatic rings. The van der Waals surface area contributed by atoms with Crippen molar-refractivity contribution in [3.05, 3.63) is 15.9 Å². The number of primary amides is 1. The molecule has 5 nitrogen and oxygen atoms in total. The summed E-state index contributed by atoms with van der Waals surface area (Å²) in [5.41, 5.74) is 5.25. The summed E-state index contributed by atoms with van der Waals surface area (Å²) in [5.74, 6) is -0.806. The van der Waals surface area contributed by atoms with Gasteiger partial charge in [0.25, 0.3) is 10.0 Å². The van der Waals surface area contributed by atoms with Gasteiger partial charge in [0, 0.05) is 13.1 Å². The largest absolute Gasteiger partial charge is 0.369 e. The van der Waals surface area contributed by atoms with Gasteiger partial charge in [0.05, 0.1) is 9.70 Å². The molecule has 1 fully saturated rings. The Hall–Kier alpha value is -0.440. The van der Waals surface area contributed by atoms with E-state index in [0.717, 1.165) is 3.79 Å². The van der Waals surface area contributed by atoms with Crippen molar-refractivity contribution < 1.29 is 13.2 Å². The highest BCUT2D eigenvalue weighted by atomic mass is 79.9. The molecule has 2 heterocycles. The predicted octanol–water partition coefficient (Wildman–Crippen LogP) is 1.40. The summed E-state index contributed by atoms with van der Waals surface area (Å²) in [5, 5.41) is 0. The molecule has 1 atom stereocenters. The zero-order valence-electron chi connectivity index (χ0n) is 9.50. The minimum atomic E-state index is -3.49. The van der Waals surface area contributed by atoms with Gasteiger partial charge in [0.2, 0.25) is 5.91 Å². The smallest absolute Gasteiger partial charge is 0.252 e. The van der Waals surface area contributed by atoms with Crippen LogP contribution in [-0.4, -0.2) is 31.7 Å². The summed E-state index contributed by atoms with van der Waals surface area (Å²) in [4.78, 5) is 11.2. The zero-order chi connectivity index (χ0) is 13.3. The molecule has 1 aliphatic heterocycles. The van der Waals surface area contributed by atoms with Crippen LogP contribution >= 0.6 is 27.3 Å². The average Bonchev–Trinajstić information content (AvgIpc) is 2.77. The number of carbonyl (C=O) groups excluding carboxylic acids is 1. The Morgan fingerprint density at radius 1 is 1.50 bits per heavy atom. The van der Waals surface area contributed by atoms with Gasteiger partial charge in [0.15, 0.2) is 0 Å². The monoisotopic (exact) mass is 352 g/mol. The molecule has 0 spiro atoms. The maximum absolute atomic E-state index is 12.3. The standard InChI is InChI=1S/C10H13BrN2O3S2/c11-8-3-4-9(17-8)18(15,16)13-5-1-2-7(6-13)10(12)14/h3-4,7H,1-2,5-6H2,(H2,12,14). The van der Waals surface area contributed by atoms with Crippen LogP contribution in [0.2, 0.25) is 0 Å². The van der Waals surface area contributed by atoms with E-state index in [1.807, 2.05) is 0 Å². The third-order valence-corrected chi connectivity index (χ3v) is 6.89. The zero-order valence-corrected chi connectivity index (χ0v) is 12.7. The van der Waals surface area contributed by atoms with Gasteiger partial charge in [-0.05, 0) is 40.9 Å². The van der Waals surface area contributed by atoms with Gasteiger partial charge >= 0.3 is 0 Å². The average molecular weight is 353 g/mol.